The summed E-state index contributed by atoms with van der Waals surface area (Å²) in [7, 11) is 0. The number of fused-ring (bicyclic) bond motifs is 1. The number of aryl methyl sites for hydroxylation is 2. The maximum absolute atomic E-state index is 12.1. The third kappa shape index (κ3) is 6.40. The summed E-state index contributed by atoms with van der Waals surface area (Å²) in [6, 6.07) is 24.0. The maximum Gasteiger partial charge on any atom is 0.250 e. The Balaban J connectivity index is 1.33. The summed E-state index contributed by atoms with van der Waals surface area (Å²) in [5, 5.41) is 7.05. The number of thioether (sulfide) groups is 1. The highest BCUT2D eigenvalue weighted by atomic mass is 32.2. The second-order valence-electron chi connectivity index (χ2n) is 7.52. The van der Waals surface area contributed by atoms with Crippen molar-refractivity contribution in [2.75, 3.05) is 5.75 Å². The fraction of sp³-hybridized carbons (Fsp3) is 0.154. The number of nitrogens with zero attached hydrogens (tertiary/aromatic N) is 3. The second-order valence-corrected chi connectivity index (χ2v) is 8.47. The number of carbonyl (C=O) groups excluding carboxylic acids is 1. The fourth-order valence-corrected chi connectivity index (χ4v) is 4.04. The molecule has 0 bridgehead atoms. The molecule has 0 radical (unpaired) electrons. The summed E-state index contributed by atoms with van der Waals surface area (Å²) >= 11 is 1.28. The number of nitrogens with one attached hydrogen (secondary N) is 1. The predicted octanol–water partition coefficient (Wildman–Crippen LogP) is 5.07. The van der Waals surface area contributed by atoms with Crippen molar-refractivity contribution in [3.8, 4) is 5.75 Å². The van der Waals surface area contributed by atoms with E-state index in [0.717, 1.165) is 22.5 Å². The van der Waals surface area contributed by atoms with Crippen LogP contribution in [0.1, 0.15) is 22.5 Å². The molecular formula is C26H24N4O2S. The van der Waals surface area contributed by atoms with Gasteiger partial charge in [0.15, 0.2) is 5.16 Å². The molecule has 3 aromatic carbocycles. The van der Waals surface area contributed by atoms with Crippen LogP contribution >= 0.6 is 11.8 Å². The largest absolute Gasteiger partial charge is 0.488 e. The first-order chi connectivity index (χ1) is 16.1. The lowest BCUT2D eigenvalue weighted by molar-refractivity contribution is -0.118. The third-order valence-corrected chi connectivity index (χ3v) is 5.66. The lowest BCUT2D eigenvalue weighted by Crippen LogP contribution is -2.20. The fourth-order valence-electron chi connectivity index (χ4n) is 3.30. The Morgan fingerprint density at radius 2 is 1.70 bits per heavy atom. The van der Waals surface area contributed by atoms with Crippen molar-refractivity contribution in [2.24, 2.45) is 5.10 Å². The van der Waals surface area contributed by atoms with Crippen molar-refractivity contribution in [3.63, 3.8) is 0 Å². The van der Waals surface area contributed by atoms with E-state index in [-0.39, 0.29) is 11.7 Å². The molecule has 0 unspecified atom stereocenters. The molecule has 6 nitrogen and oxygen atoms in total. The van der Waals surface area contributed by atoms with E-state index in [0.29, 0.717) is 17.5 Å². The van der Waals surface area contributed by atoms with Gasteiger partial charge in [0, 0.05) is 17.0 Å². The Bertz CT molecular complexity index is 1290. The monoisotopic (exact) mass is 456 g/mol. The quantitative estimate of drug-likeness (QED) is 0.173. The number of rotatable bonds is 8. The molecule has 0 aliphatic heterocycles. The second kappa shape index (κ2) is 10.7. The minimum atomic E-state index is -0.228. The van der Waals surface area contributed by atoms with Crippen molar-refractivity contribution in [1.29, 1.82) is 0 Å². The Morgan fingerprint density at radius 1 is 0.970 bits per heavy atom. The van der Waals surface area contributed by atoms with Gasteiger partial charge in [0.1, 0.15) is 12.4 Å². The molecule has 0 atom stereocenters. The number of aromatic nitrogens is 2. The Hall–Kier alpha value is -3.71. The van der Waals surface area contributed by atoms with Gasteiger partial charge < -0.3 is 4.74 Å². The van der Waals surface area contributed by atoms with E-state index in [1.807, 2.05) is 56.3 Å². The molecule has 1 N–H and O–H groups in total. The Labute approximate surface area is 197 Å². The zero-order valence-electron chi connectivity index (χ0n) is 18.5. The van der Waals surface area contributed by atoms with E-state index in [2.05, 4.69) is 50.8 Å². The first kappa shape index (κ1) is 22.5. The Morgan fingerprint density at radius 3 is 2.52 bits per heavy atom. The third-order valence-electron chi connectivity index (χ3n) is 4.81. The molecule has 1 amide bonds. The number of hydrazone groups is 1. The van der Waals surface area contributed by atoms with Gasteiger partial charge in [-0.2, -0.15) is 5.10 Å². The van der Waals surface area contributed by atoms with Crippen LogP contribution in [0, 0.1) is 13.8 Å². The molecule has 0 aliphatic rings. The highest BCUT2D eigenvalue weighted by Crippen LogP contribution is 2.20. The molecular weight excluding hydrogens is 432 g/mol. The van der Waals surface area contributed by atoms with Gasteiger partial charge in [0.25, 0.3) is 5.91 Å². The van der Waals surface area contributed by atoms with E-state index < -0.39 is 0 Å². The number of hydrogen-bond donors (Lipinski definition) is 1. The summed E-state index contributed by atoms with van der Waals surface area (Å²) in [6.07, 6.45) is 1.59. The van der Waals surface area contributed by atoms with E-state index >= 15 is 0 Å². The molecule has 0 saturated carbocycles. The van der Waals surface area contributed by atoms with Crippen molar-refractivity contribution in [2.45, 2.75) is 25.6 Å². The van der Waals surface area contributed by atoms with Crippen LogP contribution in [0.15, 0.2) is 83.1 Å². The first-order valence-corrected chi connectivity index (χ1v) is 11.5. The summed E-state index contributed by atoms with van der Waals surface area (Å²) in [4.78, 5) is 20.8. The highest BCUT2D eigenvalue weighted by molar-refractivity contribution is 7.99. The van der Waals surface area contributed by atoms with Crippen LogP contribution in [0.3, 0.4) is 0 Å². The van der Waals surface area contributed by atoms with Gasteiger partial charge in [-0.1, -0.05) is 60.3 Å². The van der Waals surface area contributed by atoms with Gasteiger partial charge in [0.05, 0.1) is 12.0 Å². The zero-order chi connectivity index (χ0) is 23.0. The first-order valence-electron chi connectivity index (χ1n) is 10.5. The molecule has 1 heterocycles. The van der Waals surface area contributed by atoms with Crippen LogP contribution in [0.2, 0.25) is 0 Å². The number of benzene rings is 3. The van der Waals surface area contributed by atoms with E-state index in [1.165, 1.54) is 22.5 Å². The number of carbonyl (C=O) groups is 1. The molecule has 4 rings (SSSR count). The number of amides is 1. The molecule has 0 aliphatic carbocycles. The summed E-state index contributed by atoms with van der Waals surface area (Å²) in [5.74, 6) is 0.649. The lowest BCUT2D eigenvalue weighted by Gasteiger charge is -2.10. The van der Waals surface area contributed by atoms with Crippen LogP contribution in [-0.2, 0) is 11.4 Å². The van der Waals surface area contributed by atoms with Crippen LogP contribution in [0.4, 0.5) is 0 Å². The summed E-state index contributed by atoms with van der Waals surface area (Å²) in [6.45, 7) is 4.25. The van der Waals surface area contributed by atoms with Gasteiger partial charge >= 0.3 is 0 Å². The molecule has 0 saturated heterocycles. The maximum atomic E-state index is 12.1. The smallest absolute Gasteiger partial charge is 0.250 e. The molecule has 166 valence electrons. The Kier molecular flexibility index (Phi) is 7.32. The van der Waals surface area contributed by atoms with Gasteiger partial charge in [-0.05, 0) is 54.4 Å². The van der Waals surface area contributed by atoms with Gasteiger partial charge in [-0.25, -0.2) is 15.4 Å². The predicted molar refractivity (Wildman–Crippen MR) is 133 cm³/mol. The molecule has 33 heavy (non-hydrogen) atoms. The van der Waals surface area contributed by atoms with Crippen LogP contribution < -0.4 is 10.2 Å². The topological polar surface area (TPSA) is 76.5 Å². The van der Waals surface area contributed by atoms with E-state index in [9.17, 15) is 4.79 Å². The normalized spacial score (nSPS) is 11.1. The standard InChI is InChI=1S/C26H24N4O2S/c1-18-13-19(2)29-26(28-18)33-17-25(31)30-27-15-23-9-5-6-10-24(23)32-16-20-11-12-21-7-3-4-8-22(21)14-20/h3-15H,16-17H2,1-2H3,(H,30,31)/b27-15-. The average molecular weight is 457 g/mol. The van der Waals surface area contributed by atoms with Gasteiger partial charge in [0.2, 0.25) is 0 Å². The van der Waals surface area contributed by atoms with E-state index in [1.54, 1.807) is 6.21 Å². The van der Waals surface area contributed by atoms with Crippen LogP contribution in [-0.4, -0.2) is 27.8 Å². The van der Waals surface area contributed by atoms with Crippen LogP contribution in [0.5, 0.6) is 5.75 Å². The zero-order valence-corrected chi connectivity index (χ0v) is 19.3. The lowest BCUT2D eigenvalue weighted by atomic mass is 10.1. The summed E-state index contributed by atoms with van der Waals surface area (Å²) < 4.78 is 6.03. The molecule has 7 heteroatoms. The molecule has 0 fully saturated rings. The van der Waals surface area contributed by atoms with Crippen LogP contribution in [0.25, 0.3) is 10.8 Å². The van der Waals surface area contributed by atoms with E-state index in [4.69, 9.17) is 4.74 Å². The van der Waals surface area contributed by atoms with Crippen molar-refractivity contribution in [1.82, 2.24) is 15.4 Å². The minimum absolute atomic E-state index is 0.181. The molecule has 1 aromatic heterocycles. The van der Waals surface area contributed by atoms with Crippen molar-refractivity contribution < 1.29 is 9.53 Å². The molecule has 0 spiro atoms. The molecule has 4 aromatic rings. The number of hydrogen-bond acceptors (Lipinski definition) is 6. The number of para-hydroxylation sites is 1. The van der Waals surface area contributed by atoms with Gasteiger partial charge in [-0.15, -0.1) is 0 Å². The SMILES string of the molecule is Cc1cc(C)nc(SCC(=O)N/N=C\c2ccccc2OCc2ccc3ccccc3c2)n1. The van der Waals surface area contributed by atoms with Crippen molar-refractivity contribution in [3.05, 3.63) is 95.3 Å². The number of ether oxygens (including phenoxy) is 1. The minimum Gasteiger partial charge on any atom is -0.488 e. The summed E-state index contributed by atoms with van der Waals surface area (Å²) in [5.41, 5.74) is 6.17. The highest BCUT2D eigenvalue weighted by Gasteiger charge is 2.06. The van der Waals surface area contributed by atoms with Crippen molar-refractivity contribution >= 4 is 34.7 Å². The average Bonchev–Trinajstić information content (AvgIpc) is 2.81. The van der Waals surface area contributed by atoms with Gasteiger partial charge in [-0.3, -0.25) is 4.79 Å².